The highest BCUT2D eigenvalue weighted by Crippen LogP contribution is 2.19. The van der Waals surface area contributed by atoms with E-state index >= 15 is 0 Å². The molecule has 0 aromatic heterocycles. The highest BCUT2D eigenvalue weighted by Gasteiger charge is 2.09. The molecule has 1 amide bonds. The summed E-state index contributed by atoms with van der Waals surface area (Å²) in [5, 5.41) is 13.6. The quantitative estimate of drug-likeness (QED) is 0.506. The summed E-state index contributed by atoms with van der Waals surface area (Å²) in [6.45, 7) is 4.20. The van der Waals surface area contributed by atoms with Crippen molar-refractivity contribution in [2.45, 2.75) is 19.8 Å². The largest absolute Gasteiger partial charge is 0.323 e. The molecule has 0 saturated heterocycles. The minimum atomic E-state index is -0.470. The van der Waals surface area contributed by atoms with Gasteiger partial charge in [0.05, 0.1) is 10.5 Å². The third-order valence-corrected chi connectivity index (χ3v) is 3.39. The molecule has 0 aliphatic rings. The molecule has 1 N–H and O–H groups in total. The summed E-state index contributed by atoms with van der Waals surface area (Å²) in [5.41, 5.74) is 2.24. The second kappa shape index (κ2) is 7.35. The maximum Gasteiger partial charge on any atom is 0.276 e. The van der Waals surface area contributed by atoms with Gasteiger partial charge in [-0.15, -0.1) is 0 Å². The molecule has 0 unspecified atom stereocenters. The van der Waals surface area contributed by atoms with Crippen LogP contribution in [0.4, 0.5) is 11.4 Å². The summed E-state index contributed by atoms with van der Waals surface area (Å²) in [4.78, 5) is 22.4. The van der Waals surface area contributed by atoms with Gasteiger partial charge in [0.15, 0.2) is 0 Å². The molecular weight excluding hydrogens is 292 g/mol. The first kappa shape index (κ1) is 16.4. The topological polar surface area (TPSA) is 72.2 Å². The molecular formula is C18H18N2O3. The van der Waals surface area contributed by atoms with Gasteiger partial charge in [-0.2, -0.15) is 0 Å². The lowest BCUT2D eigenvalue weighted by Crippen LogP contribution is -2.07. The van der Waals surface area contributed by atoms with E-state index in [1.807, 2.05) is 24.3 Å². The molecule has 2 aromatic rings. The number of nitrogens with zero attached hydrogens (tertiary/aromatic N) is 1. The summed E-state index contributed by atoms with van der Waals surface area (Å²) in [7, 11) is 0. The zero-order chi connectivity index (χ0) is 16.8. The molecule has 2 rings (SSSR count). The molecule has 0 bridgehead atoms. The molecule has 5 nitrogen and oxygen atoms in total. The van der Waals surface area contributed by atoms with Crippen LogP contribution in [0.1, 0.15) is 30.9 Å². The van der Waals surface area contributed by atoms with Gasteiger partial charge in [-0.05, 0) is 35.8 Å². The Kier molecular flexibility index (Phi) is 5.25. The van der Waals surface area contributed by atoms with Gasteiger partial charge in [-0.1, -0.05) is 38.1 Å². The number of carbonyl (C=O) groups excluding carboxylic acids is 1. The lowest BCUT2D eigenvalue weighted by atomic mass is 10.0. The van der Waals surface area contributed by atoms with Crippen LogP contribution < -0.4 is 5.32 Å². The van der Waals surface area contributed by atoms with Crippen molar-refractivity contribution in [3.8, 4) is 0 Å². The molecule has 0 aliphatic heterocycles. The van der Waals surface area contributed by atoms with Gasteiger partial charge >= 0.3 is 0 Å². The number of nitro benzene ring substituents is 1. The van der Waals surface area contributed by atoms with Crippen LogP contribution >= 0.6 is 0 Å². The fourth-order valence-corrected chi connectivity index (χ4v) is 2.10. The van der Waals surface area contributed by atoms with E-state index in [-0.39, 0.29) is 11.6 Å². The van der Waals surface area contributed by atoms with Crippen LogP contribution in [-0.2, 0) is 4.79 Å². The van der Waals surface area contributed by atoms with Gasteiger partial charge in [0.25, 0.3) is 5.69 Å². The molecule has 0 aliphatic carbocycles. The summed E-state index contributed by atoms with van der Waals surface area (Å²) in [6.07, 6.45) is 2.73. The number of hydrogen-bond acceptors (Lipinski definition) is 3. The van der Waals surface area contributed by atoms with Crippen LogP contribution in [0.3, 0.4) is 0 Å². The maximum atomic E-state index is 11.9. The summed E-state index contributed by atoms with van der Waals surface area (Å²) in [5.74, 6) is 0.0960. The van der Waals surface area contributed by atoms with Gasteiger partial charge in [0, 0.05) is 17.8 Å². The second-order valence-corrected chi connectivity index (χ2v) is 5.42. The molecule has 0 atom stereocenters. The van der Waals surface area contributed by atoms with Crippen molar-refractivity contribution < 1.29 is 9.72 Å². The van der Waals surface area contributed by atoms with Crippen molar-refractivity contribution in [1.29, 1.82) is 0 Å². The van der Waals surface area contributed by atoms with Crippen LogP contribution in [0.15, 0.2) is 54.6 Å². The standard InChI is InChI=1S/C18H18N2O3/c1-13(2)14-7-10-16(11-8-14)19-18(21)12-9-15-5-3-4-6-17(15)20(22)23/h3-13H,1-2H3,(H,19,21). The highest BCUT2D eigenvalue weighted by atomic mass is 16.6. The van der Waals surface area contributed by atoms with Crippen LogP contribution in [0.2, 0.25) is 0 Å². The van der Waals surface area contributed by atoms with E-state index in [4.69, 9.17) is 0 Å². The first-order valence-electron chi connectivity index (χ1n) is 7.30. The average Bonchev–Trinajstić information content (AvgIpc) is 2.53. The van der Waals surface area contributed by atoms with E-state index < -0.39 is 4.92 Å². The number of carbonyl (C=O) groups is 1. The monoisotopic (exact) mass is 310 g/mol. The fraction of sp³-hybridized carbons (Fsp3) is 0.167. The van der Waals surface area contributed by atoms with Crippen molar-refractivity contribution in [2.24, 2.45) is 0 Å². The Bertz CT molecular complexity index is 734. The molecule has 23 heavy (non-hydrogen) atoms. The SMILES string of the molecule is CC(C)c1ccc(NC(=O)C=Cc2ccccc2[N+](=O)[O-])cc1. The summed E-state index contributed by atoms with van der Waals surface area (Å²) in [6, 6.07) is 13.9. The number of rotatable bonds is 5. The van der Waals surface area contributed by atoms with Gasteiger partial charge in [-0.25, -0.2) is 0 Å². The van der Waals surface area contributed by atoms with E-state index in [2.05, 4.69) is 19.2 Å². The molecule has 0 spiro atoms. The number of anilines is 1. The van der Waals surface area contributed by atoms with E-state index in [0.29, 0.717) is 17.2 Å². The van der Waals surface area contributed by atoms with E-state index in [0.717, 1.165) is 0 Å². The third-order valence-electron chi connectivity index (χ3n) is 3.39. The molecule has 0 saturated carbocycles. The number of nitro groups is 1. The van der Waals surface area contributed by atoms with Crippen molar-refractivity contribution in [3.05, 3.63) is 75.8 Å². The van der Waals surface area contributed by atoms with E-state index in [1.165, 1.54) is 23.8 Å². The lowest BCUT2D eigenvalue weighted by molar-refractivity contribution is -0.385. The Balaban J connectivity index is 2.06. The van der Waals surface area contributed by atoms with E-state index in [9.17, 15) is 14.9 Å². The van der Waals surface area contributed by atoms with Crippen LogP contribution in [0.5, 0.6) is 0 Å². The zero-order valence-corrected chi connectivity index (χ0v) is 13.0. The van der Waals surface area contributed by atoms with Crippen LogP contribution in [0.25, 0.3) is 6.08 Å². The Morgan fingerprint density at radius 1 is 1.13 bits per heavy atom. The molecule has 118 valence electrons. The van der Waals surface area contributed by atoms with Crippen molar-refractivity contribution in [1.82, 2.24) is 0 Å². The van der Waals surface area contributed by atoms with Gasteiger partial charge in [-0.3, -0.25) is 14.9 Å². The number of para-hydroxylation sites is 1. The first-order valence-corrected chi connectivity index (χ1v) is 7.30. The smallest absolute Gasteiger partial charge is 0.276 e. The van der Waals surface area contributed by atoms with Gasteiger partial charge in [0.2, 0.25) is 5.91 Å². The Hall–Kier alpha value is -2.95. The third kappa shape index (κ3) is 4.51. The molecule has 0 heterocycles. The second-order valence-electron chi connectivity index (χ2n) is 5.42. The predicted octanol–water partition coefficient (Wildman–Crippen LogP) is 4.37. The predicted molar refractivity (Wildman–Crippen MR) is 91.3 cm³/mol. The normalized spacial score (nSPS) is 10.9. The fourth-order valence-electron chi connectivity index (χ4n) is 2.10. The van der Waals surface area contributed by atoms with Crippen LogP contribution in [0, 0.1) is 10.1 Å². The lowest BCUT2D eigenvalue weighted by Gasteiger charge is -2.07. The summed E-state index contributed by atoms with van der Waals surface area (Å²) >= 11 is 0. The molecule has 0 fully saturated rings. The van der Waals surface area contributed by atoms with Gasteiger partial charge < -0.3 is 5.32 Å². The highest BCUT2D eigenvalue weighted by molar-refractivity contribution is 6.02. The number of benzene rings is 2. The molecule has 5 heteroatoms. The number of nitrogens with one attached hydrogen (secondary N) is 1. The van der Waals surface area contributed by atoms with Crippen molar-refractivity contribution >= 4 is 23.4 Å². The minimum Gasteiger partial charge on any atom is -0.323 e. The first-order chi connectivity index (χ1) is 11.0. The van der Waals surface area contributed by atoms with Gasteiger partial charge in [0.1, 0.15) is 0 Å². The van der Waals surface area contributed by atoms with Crippen LogP contribution in [-0.4, -0.2) is 10.8 Å². The minimum absolute atomic E-state index is 0.0298. The summed E-state index contributed by atoms with van der Waals surface area (Å²) < 4.78 is 0. The van der Waals surface area contributed by atoms with Crippen molar-refractivity contribution in [2.75, 3.05) is 5.32 Å². The molecule has 0 radical (unpaired) electrons. The number of amides is 1. The Morgan fingerprint density at radius 2 is 1.78 bits per heavy atom. The Morgan fingerprint density at radius 3 is 2.39 bits per heavy atom. The maximum absolute atomic E-state index is 11.9. The molecule has 2 aromatic carbocycles. The average molecular weight is 310 g/mol. The zero-order valence-electron chi connectivity index (χ0n) is 13.0. The van der Waals surface area contributed by atoms with Crippen molar-refractivity contribution in [3.63, 3.8) is 0 Å². The number of hydrogen-bond donors (Lipinski definition) is 1. The van der Waals surface area contributed by atoms with E-state index in [1.54, 1.807) is 18.2 Å². The Labute approximate surface area is 134 Å².